The van der Waals surface area contributed by atoms with Crippen LogP contribution >= 0.6 is 11.3 Å². The molecule has 1 N–H and O–H groups in total. The maximum Gasteiger partial charge on any atom is 0.357 e. The van der Waals surface area contributed by atoms with E-state index in [1.165, 1.54) is 17.7 Å². The van der Waals surface area contributed by atoms with Crippen LogP contribution in [0.25, 0.3) is 5.82 Å². The van der Waals surface area contributed by atoms with Gasteiger partial charge < -0.3 is 15.0 Å². The standard InChI is InChI=1S/C19H21N7O3S/c1-2-29-18(28)14-11-30-19(23-14)24-17(27)13-5-3-7-25(10-13)15-9-16(21-12-20-15)26-8-4-6-22-26/h4,6,8-9,11-13H,2-3,5,7,10H2,1H3,(H,23,24,27)/t13-/m0/s1. The number of thiazole rings is 1. The van der Waals surface area contributed by atoms with Crippen LogP contribution in [0.3, 0.4) is 0 Å². The molecule has 1 aliphatic heterocycles. The van der Waals surface area contributed by atoms with E-state index in [-0.39, 0.29) is 24.1 Å². The molecule has 0 bridgehead atoms. The van der Waals surface area contributed by atoms with Crippen LogP contribution in [0.4, 0.5) is 10.9 Å². The van der Waals surface area contributed by atoms with E-state index in [9.17, 15) is 9.59 Å². The van der Waals surface area contributed by atoms with Crippen LogP contribution in [-0.4, -0.2) is 56.3 Å². The Morgan fingerprint density at radius 1 is 1.33 bits per heavy atom. The van der Waals surface area contributed by atoms with Crippen LogP contribution < -0.4 is 10.2 Å². The molecule has 0 saturated carbocycles. The number of hydrogen-bond donors (Lipinski definition) is 1. The largest absolute Gasteiger partial charge is 0.461 e. The quantitative estimate of drug-likeness (QED) is 0.595. The Morgan fingerprint density at radius 2 is 2.20 bits per heavy atom. The highest BCUT2D eigenvalue weighted by Gasteiger charge is 2.27. The summed E-state index contributed by atoms with van der Waals surface area (Å²) in [7, 11) is 0. The van der Waals surface area contributed by atoms with Gasteiger partial charge in [-0.2, -0.15) is 5.10 Å². The van der Waals surface area contributed by atoms with Crippen molar-refractivity contribution in [2.24, 2.45) is 5.92 Å². The van der Waals surface area contributed by atoms with Gasteiger partial charge in [0.05, 0.1) is 12.5 Å². The summed E-state index contributed by atoms with van der Waals surface area (Å²) < 4.78 is 6.60. The third kappa shape index (κ3) is 4.46. The number of anilines is 2. The predicted molar refractivity (Wildman–Crippen MR) is 111 cm³/mol. The van der Waals surface area contributed by atoms with E-state index < -0.39 is 5.97 Å². The van der Waals surface area contributed by atoms with Crippen LogP contribution in [-0.2, 0) is 9.53 Å². The first-order valence-electron chi connectivity index (χ1n) is 9.64. The normalized spacial score (nSPS) is 16.3. The number of carbonyl (C=O) groups excluding carboxylic acids is 2. The minimum absolute atomic E-state index is 0.120. The second kappa shape index (κ2) is 8.99. The van der Waals surface area contributed by atoms with Gasteiger partial charge in [-0.3, -0.25) is 4.79 Å². The summed E-state index contributed by atoms with van der Waals surface area (Å²) in [5.41, 5.74) is 0.203. The first kappa shape index (κ1) is 20.0. The molecule has 1 saturated heterocycles. The Kier molecular flexibility index (Phi) is 5.98. The Bertz CT molecular complexity index is 1020. The lowest BCUT2D eigenvalue weighted by molar-refractivity contribution is -0.120. The fraction of sp³-hybridized carbons (Fsp3) is 0.368. The third-order valence-corrected chi connectivity index (χ3v) is 5.47. The van der Waals surface area contributed by atoms with Gasteiger partial charge in [0.2, 0.25) is 5.91 Å². The fourth-order valence-electron chi connectivity index (χ4n) is 3.28. The first-order valence-corrected chi connectivity index (χ1v) is 10.5. The number of carbonyl (C=O) groups is 2. The number of ether oxygens (including phenoxy) is 1. The molecule has 1 amide bonds. The Morgan fingerprint density at radius 3 is 3.00 bits per heavy atom. The van der Waals surface area contributed by atoms with Crippen molar-refractivity contribution in [3.8, 4) is 5.82 Å². The lowest BCUT2D eigenvalue weighted by Crippen LogP contribution is -2.41. The van der Waals surface area contributed by atoms with Gasteiger partial charge in [0.25, 0.3) is 0 Å². The van der Waals surface area contributed by atoms with E-state index in [1.54, 1.807) is 23.2 Å². The number of esters is 1. The van der Waals surface area contributed by atoms with Crippen LogP contribution in [0.1, 0.15) is 30.3 Å². The first-order chi connectivity index (χ1) is 14.6. The third-order valence-electron chi connectivity index (χ3n) is 4.71. The van der Waals surface area contributed by atoms with E-state index in [0.717, 1.165) is 25.2 Å². The van der Waals surface area contributed by atoms with Gasteiger partial charge in [0.1, 0.15) is 12.1 Å². The van der Waals surface area contributed by atoms with Crippen molar-refractivity contribution < 1.29 is 14.3 Å². The van der Waals surface area contributed by atoms with Gasteiger partial charge in [-0.1, -0.05) is 0 Å². The molecule has 10 nitrogen and oxygen atoms in total. The highest BCUT2D eigenvalue weighted by Crippen LogP contribution is 2.24. The molecule has 4 rings (SSSR count). The molecule has 0 aliphatic carbocycles. The summed E-state index contributed by atoms with van der Waals surface area (Å²) in [4.78, 5) is 39.4. The molecule has 1 fully saturated rings. The van der Waals surface area contributed by atoms with Crippen LogP contribution in [0.5, 0.6) is 0 Å². The zero-order valence-corrected chi connectivity index (χ0v) is 17.2. The number of amides is 1. The molecule has 30 heavy (non-hydrogen) atoms. The van der Waals surface area contributed by atoms with Gasteiger partial charge in [0.15, 0.2) is 16.6 Å². The van der Waals surface area contributed by atoms with Gasteiger partial charge >= 0.3 is 5.97 Å². The molecule has 11 heteroatoms. The molecule has 3 aromatic heterocycles. The zero-order valence-electron chi connectivity index (χ0n) is 16.4. The summed E-state index contributed by atoms with van der Waals surface area (Å²) in [6.07, 6.45) is 6.65. The van der Waals surface area contributed by atoms with Crippen molar-refractivity contribution in [3.63, 3.8) is 0 Å². The fourth-order valence-corrected chi connectivity index (χ4v) is 3.96. The summed E-state index contributed by atoms with van der Waals surface area (Å²) in [6.45, 7) is 3.36. The van der Waals surface area contributed by atoms with Crippen molar-refractivity contribution >= 4 is 34.2 Å². The van der Waals surface area contributed by atoms with Crippen LogP contribution in [0.2, 0.25) is 0 Å². The highest BCUT2D eigenvalue weighted by molar-refractivity contribution is 7.14. The minimum Gasteiger partial charge on any atom is -0.461 e. The van der Waals surface area contributed by atoms with E-state index in [0.29, 0.717) is 17.5 Å². The highest BCUT2D eigenvalue weighted by atomic mass is 32.1. The smallest absolute Gasteiger partial charge is 0.357 e. The lowest BCUT2D eigenvalue weighted by Gasteiger charge is -2.32. The molecule has 156 valence electrons. The van der Waals surface area contributed by atoms with Gasteiger partial charge in [0, 0.05) is 36.9 Å². The molecule has 0 radical (unpaired) electrons. The molecule has 0 unspecified atom stereocenters. The summed E-state index contributed by atoms with van der Waals surface area (Å²) in [6, 6.07) is 3.69. The van der Waals surface area contributed by atoms with E-state index in [2.05, 4.69) is 30.3 Å². The van der Waals surface area contributed by atoms with Crippen molar-refractivity contribution in [1.82, 2.24) is 24.7 Å². The Balaban J connectivity index is 1.41. The second-order valence-corrected chi connectivity index (χ2v) is 7.58. The molecule has 3 aromatic rings. The van der Waals surface area contributed by atoms with Crippen molar-refractivity contribution in [2.75, 3.05) is 29.9 Å². The predicted octanol–water partition coefficient (Wildman–Crippen LogP) is 2.15. The van der Waals surface area contributed by atoms with Crippen molar-refractivity contribution in [1.29, 1.82) is 0 Å². The number of hydrogen-bond acceptors (Lipinski definition) is 9. The summed E-state index contributed by atoms with van der Waals surface area (Å²) in [5.74, 6) is 0.607. The lowest BCUT2D eigenvalue weighted by atomic mass is 9.97. The monoisotopic (exact) mass is 427 g/mol. The second-order valence-electron chi connectivity index (χ2n) is 6.72. The molecule has 1 atom stereocenters. The van der Waals surface area contributed by atoms with Crippen LogP contribution in [0, 0.1) is 5.92 Å². The number of nitrogens with zero attached hydrogens (tertiary/aromatic N) is 6. The number of nitrogens with one attached hydrogen (secondary N) is 1. The maximum absolute atomic E-state index is 12.8. The molecular formula is C19H21N7O3S. The van der Waals surface area contributed by atoms with E-state index in [4.69, 9.17) is 4.74 Å². The van der Waals surface area contributed by atoms with Crippen molar-refractivity contribution in [3.05, 3.63) is 41.9 Å². The molecular weight excluding hydrogens is 406 g/mol. The number of aromatic nitrogens is 5. The Labute approximate surface area is 176 Å². The van der Waals surface area contributed by atoms with Gasteiger partial charge in [-0.15, -0.1) is 11.3 Å². The maximum atomic E-state index is 12.8. The SMILES string of the molecule is CCOC(=O)c1csc(NC(=O)[C@H]2CCCN(c3cc(-n4cccn4)ncn3)C2)n1. The minimum atomic E-state index is -0.491. The molecule has 1 aliphatic rings. The summed E-state index contributed by atoms with van der Waals surface area (Å²) >= 11 is 1.21. The van der Waals surface area contributed by atoms with Crippen LogP contribution in [0.15, 0.2) is 36.2 Å². The van der Waals surface area contributed by atoms with Gasteiger partial charge in [-0.25, -0.2) is 24.4 Å². The molecule has 0 spiro atoms. The average Bonchev–Trinajstić information content (AvgIpc) is 3.47. The average molecular weight is 427 g/mol. The van der Waals surface area contributed by atoms with Crippen molar-refractivity contribution in [2.45, 2.75) is 19.8 Å². The topological polar surface area (TPSA) is 115 Å². The summed E-state index contributed by atoms with van der Waals surface area (Å²) in [5, 5.41) is 8.99. The zero-order chi connectivity index (χ0) is 20.9. The van der Waals surface area contributed by atoms with E-state index in [1.807, 2.05) is 18.3 Å². The van der Waals surface area contributed by atoms with Gasteiger partial charge in [-0.05, 0) is 25.8 Å². The number of piperidine rings is 1. The molecule has 0 aromatic carbocycles. The van der Waals surface area contributed by atoms with E-state index >= 15 is 0 Å². The number of rotatable bonds is 6. The Hall–Kier alpha value is -3.34. The molecule has 4 heterocycles.